The Morgan fingerprint density at radius 2 is 1.63 bits per heavy atom. The fourth-order valence-electron chi connectivity index (χ4n) is 2.74. The van der Waals surface area contributed by atoms with Crippen LogP contribution in [0, 0.1) is 0 Å². The molecule has 0 aromatic heterocycles. The SMILES string of the molecule is CC(NC(=O)CNc1cccc(OCc2ccccc2)c1)c1ccccc1. The molecule has 4 nitrogen and oxygen atoms in total. The summed E-state index contributed by atoms with van der Waals surface area (Å²) in [6.07, 6.45) is 0. The van der Waals surface area contributed by atoms with Gasteiger partial charge in [0, 0.05) is 11.8 Å². The van der Waals surface area contributed by atoms with Crippen molar-refractivity contribution in [2.45, 2.75) is 19.6 Å². The van der Waals surface area contributed by atoms with Gasteiger partial charge in [0.1, 0.15) is 12.4 Å². The van der Waals surface area contributed by atoms with E-state index < -0.39 is 0 Å². The highest BCUT2D eigenvalue weighted by Crippen LogP contribution is 2.18. The number of ether oxygens (including phenoxy) is 1. The zero-order chi connectivity index (χ0) is 18.9. The fourth-order valence-corrected chi connectivity index (χ4v) is 2.74. The van der Waals surface area contributed by atoms with Crippen LogP contribution in [0.5, 0.6) is 5.75 Å². The van der Waals surface area contributed by atoms with Crippen molar-refractivity contribution in [3.63, 3.8) is 0 Å². The Kier molecular flexibility index (Phi) is 6.47. The first-order valence-electron chi connectivity index (χ1n) is 9.06. The maximum atomic E-state index is 12.2. The van der Waals surface area contributed by atoms with Crippen LogP contribution in [0.4, 0.5) is 5.69 Å². The average Bonchev–Trinajstić information content (AvgIpc) is 2.72. The van der Waals surface area contributed by atoms with E-state index in [0.717, 1.165) is 22.6 Å². The molecule has 1 amide bonds. The lowest BCUT2D eigenvalue weighted by Crippen LogP contribution is -2.32. The minimum absolute atomic E-state index is 0.0268. The molecule has 0 aliphatic heterocycles. The van der Waals surface area contributed by atoms with E-state index in [1.807, 2.05) is 91.9 Å². The molecule has 0 heterocycles. The van der Waals surface area contributed by atoms with Gasteiger partial charge in [-0.25, -0.2) is 0 Å². The number of anilines is 1. The molecule has 3 aromatic carbocycles. The highest BCUT2D eigenvalue weighted by molar-refractivity contribution is 5.81. The molecule has 0 saturated carbocycles. The molecular formula is C23H24N2O2. The summed E-state index contributed by atoms with van der Waals surface area (Å²) in [6, 6.07) is 27.6. The van der Waals surface area contributed by atoms with Gasteiger partial charge in [-0.15, -0.1) is 0 Å². The third-order valence-corrected chi connectivity index (χ3v) is 4.21. The summed E-state index contributed by atoms with van der Waals surface area (Å²) < 4.78 is 5.82. The zero-order valence-electron chi connectivity index (χ0n) is 15.4. The molecule has 0 saturated heterocycles. The first kappa shape index (κ1) is 18.5. The number of hydrogen-bond donors (Lipinski definition) is 2. The van der Waals surface area contributed by atoms with Crippen molar-refractivity contribution in [1.82, 2.24) is 5.32 Å². The predicted molar refractivity (Wildman–Crippen MR) is 109 cm³/mol. The molecule has 1 atom stereocenters. The predicted octanol–water partition coefficient (Wildman–Crippen LogP) is 4.55. The van der Waals surface area contributed by atoms with Crippen LogP contribution in [-0.2, 0) is 11.4 Å². The molecule has 3 aromatic rings. The van der Waals surface area contributed by atoms with Gasteiger partial charge in [-0.2, -0.15) is 0 Å². The van der Waals surface area contributed by atoms with Crippen LogP contribution in [-0.4, -0.2) is 12.5 Å². The Balaban J connectivity index is 1.48. The number of rotatable bonds is 8. The van der Waals surface area contributed by atoms with Crippen molar-refractivity contribution < 1.29 is 9.53 Å². The maximum Gasteiger partial charge on any atom is 0.239 e. The highest BCUT2D eigenvalue weighted by Gasteiger charge is 2.09. The molecule has 0 fully saturated rings. The lowest BCUT2D eigenvalue weighted by atomic mass is 10.1. The second kappa shape index (κ2) is 9.43. The molecule has 1 unspecified atom stereocenters. The number of amides is 1. The molecule has 3 rings (SSSR count). The fraction of sp³-hybridized carbons (Fsp3) is 0.174. The molecule has 138 valence electrons. The second-order valence-corrected chi connectivity index (χ2v) is 6.36. The van der Waals surface area contributed by atoms with Crippen molar-refractivity contribution >= 4 is 11.6 Å². The largest absolute Gasteiger partial charge is 0.489 e. The van der Waals surface area contributed by atoms with E-state index in [-0.39, 0.29) is 18.5 Å². The monoisotopic (exact) mass is 360 g/mol. The number of benzene rings is 3. The molecular weight excluding hydrogens is 336 g/mol. The minimum atomic E-state index is -0.0537. The molecule has 0 aliphatic rings. The number of carbonyl (C=O) groups is 1. The van der Waals surface area contributed by atoms with Crippen molar-refractivity contribution in [1.29, 1.82) is 0 Å². The summed E-state index contributed by atoms with van der Waals surface area (Å²) in [7, 11) is 0. The first-order valence-corrected chi connectivity index (χ1v) is 9.06. The first-order chi connectivity index (χ1) is 13.2. The van der Waals surface area contributed by atoms with Gasteiger partial charge in [0.2, 0.25) is 5.91 Å². The van der Waals surface area contributed by atoms with E-state index >= 15 is 0 Å². The van der Waals surface area contributed by atoms with Gasteiger partial charge in [-0.1, -0.05) is 66.7 Å². The van der Waals surface area contributed by atoms with Crippen molar-refractivity contribution in [3.8, 4) is 5.75 Å². The molecule has 0 bridgehead atoms. The van der Waals surface area contributed by atoms with Crippen LogP contribution in [0.2, 0.25) is 0 Å². The number of hydrogen-bond acceptors (Lipinski definition) is 3. The molecule has 27 heavy (non-hydrogen) atoms. The van der Waals surface area contributed by atoms with Crippen molar-refractivity contribution in [2.75, 3.05) is 11.9 Å². The Labute approximate surface area is 160 Å². The van der Waals surface area contributed by atoms with Crippen molar-refractivity contribution in [2.24, 2.45) is 0 Å². The van der Waals surface area contributed by atoms with E-state index in [1.165, 1.54) is 0 Å². The van der Waals surface area contributed by atoms with Gasteiger partial charge in [0.25, 0.3) is 0 Å². The maximum absolute atomic E-state index is 12.2. The quantitative estimate of drug-likeness (QED) is 0.619. The third-order valence-electron chi connectivity index (χ3n) is 4.21. The van der Waals surface area contributed by atoms with E-state index in [2.05, 4.69) is 10.6 Å². The van der Waals surface area contributed by atoms with Crippen LogP contribution >= 0.6 is 0 Å². The van der Waals surface area contributed by atoms with Gasteiger partial charge < -0.3 is 15.4 Å². The standard InChI is InChI=1S/C23H24N2O2/c1-18(20-11-6-3-7-12-20)25-23(26)16-24-21-13-8-14-22(15-21)27-17-19-9-4-2-5-10-19/h2-15,18,24H,16-17H2,1H3,(H,25,26). The number of carbonyl (C=O) groups excluding carboxylic acids is 1. The van der Waals surface area contributed by atoms with Crippen LogP contribution in [0.3, 0.4) is 0 Å². The van der Waals surface area contributed by atoms with Gasteiger partial charge in [0.15, 0.2) is 0 Å². The summed E-state index contributed by atoms with van der Waals surface area (Å²) in [5.74, 6) is 0.712. The normalized spacial score (nSPS) is 11.4. The summed E-state index contributed by atoms with van der Waals surface area (Å²) in [5.41, 5.74) is 3.05. The van der Waals surface area contributed by atoms with E-state index in [9.17, 15) is 4.79 Å². The number of nitrogens with one attached hydrogen (secondary N) is 2. The minimum Gasteiger partial charge on any atom is -0.489 e. The van der Waals surface area contributed by atoms with E-state index in [1.54, 1.807) is 0 Å². The smallest absolute Gasteiger partial charge is 0.239 e. The molecule has 4 heteroatoms. The Morgan fingerprint density at radius 3 is 2.37 bits per heavy atom. The van der Waals surface area contributed by atoms with Gasteiger partial charge in [-0.3, -0.25) is 4.79 Å². The van der Waals surface area contributed by atoms with Gasteiger partial charge in [0.05, 0.1) is 12.6 Å². The van der Waals surface area contributed by atoms with Crippen LogP contribution in [0.1, 0.15) is 24.1 Å². The summed E-state index contributed by atoms with van der Waals surface area (Å²) in [6.45, 7) is 2.70. The summed E-state index contributed by atoms with van der Waals surface area (Å²) in [4.78, 5) is 12.2. The summed E-state index contributed by atoms with van der Waals surface area (Å²) in [5, 5.41) is 6.14. The topological polar surface area (TPSA) is 50.4 Å². The van der Waals surface area contributed by atoms with E-state index in [4.69, 9.17) is 4.74 Å². The van der Waals surface area contributed by atoms with Gasteiger partial charge in [-0.05, 0) is 30.2 Å². The molecule has 0 aliphatic carbocycles. The Bertz CT molecular complexity index is 851. The van der Waals surface area contributed by atoms with Crippen LogP contribution < -0.4 is 15.4 Å². The van der Waals surface area contributed by atoms with E-state index in [0.29, 0.717) is 6.61 Å². The zero-order valence-corrected chi connectivity index (χ0v) is 15.4. The van der Waals surface area contributed by atoms with Gasteiger partial charge >= 0.3 is 0 Å². The Morgan fingerprint density at radius 1 is 0.926 bits per heavy atom. The summed E-state index contributed by atoms with van der Waals surface area (Å²) >= 11 is 0. The lowest BCUT2D eigenvalue weighted by Gasteiger charge is -2.15. The average molecular weight is 360 g/mol. The van der Waals surface area contributed by atoms with Crippen LogP contribution in [0.25, 0.3) is 0 Å². The lowest BCUT2D eigenvalue weighted by molar-refractivity contribution is -0.120. The molecule has 2 N–H and O–H groups in total. The second-order valence-electron chi connectivity index (χ2n) is 6.36. The van der Waals surface area contributed by atoms with Crippen molar-refractivity contribution in [3.05, 3.63) is 96.1 Å². The molecule has 0 spiro atoms. The Hall–Kier alpha value is -3.27. The highest BCUT2D eigenvalue weighted by atomic mass is 16.5. The van der Waals surface area contributed by atoms with Crippen LogP contribution in [0.15, 0.2) is 84.9 Å². The third kappa shape index (κ3) is 5.89. The molecule has 0 radical (unpaired) electrons.